The van der Waals surface area contributed by atoms with Gasteiger partial charge in [0.25, 0.3) is 5.91 Å². The van der Waals surface area contributed by atoms with Crippen molar-refractivity contribution in [3.8, 4) is 0 Å². The summed E-state index contributed by atoms with van der Waals surface area (Å²) in [6.07, 6.45) is 3.30. The topological polar surface area (TPSA) is 94.3 Å². The van der Waals surface area contributed by atoms with Crippen LogP contribution in [-0.4, -0.2) is 37.6 Å². The minimum atomic E-state index is -0.284. The number of nitrogens with one attached hydrogen (secondary N) is 1. The van der Waals surface area contributed by atoms with E-state index in [-0.39, 0.29) is 22.9 Å². The number of nitrogen functional groups attached to an aromatic ring is 1. The summed E-state index contributed by atoms with van der Waals surface area (Å²) in [7, 11) is 3.26. The summed E-state index contributed by atoms with van der Waals surface area (Å²) in [5.41, 5.74) is 8.76. The summed E-state index contributed by atoms with van der Waals surface area (Å²) in [4.78, 5) is 29.6. The molecule has 7 heteroatoms. The molecular formula is C22H23N4O3+. The Morgan fingerprint density at radius 1 is 1.03 bits per heavy atom. The lowest BCUT2D eigenvalue weighted by molar-refractivity contribution is -0.130. The molecular weight excluding hydrogens is 368 g/mol. The van der Waals surface area contributed by atoms with Crippen molar-refractivity contribution in [1.82, 2.24) is 9.47 Å². The number of nitrogens with zero attached hydrogens (tertiary/aromatic N) is 2. The van der Waals surface area contributed by atoms with Crippen molar-refractivity contribution >= 4 is 34.6 Å². The number of amides is 2. The number of likely N-dealkylation sites (N-methyl/N-ethyl adjacent to an activating group) is 1. The quantitative estimate of drug-likeness (QED) is 0.496. The van der Waals surface area contributed by atoms with E-state index in [2.05, 4.69) is 10.3 Å². The molecule has 0 saturated heterocycles. The minimum Gasteiger partial charge on any atom is -0.397 e. The Morgan fingerprint density at radius 2 is 1.76 bits per heavy atom. The van der Waals surface area contributed by atoms with Crippen molar-refractivity contribution in [1.29, 1.82) is 0 Å². The van der Waals surface area contributed by atoms with E-state index in [9.17, 15) is 9.59 Å². The zero-order valence-electron chi connectivity index (χ0n) is 16.3. The maximum absolute atomic E-state index is 12.9. The molecule has 3 aromatic rings. The summed E-state index contributed by atoms with van der Waals surface area (Å²) in [6, 6.07) is 17.5. The summed E-state index contributed by atoms with van der Waals surface area (Å²) in [6.45, 7) is -0.0546. The number of aromatic nitrogens is 1. The molecule has 1 atom stereocenters. The highest BCUT2D eigenvalue weighted by Gasteiger charge is 2.37. The van der Waals surface area contributed by atoms with Crippen LogP contribution in [0, 0.1) is 0 Å². The molecule has 3 N–H and O–H groups in total. The zero-order valence-corrected chi connectivity index (χ0v) is 16.3. The second-order valence-electron chi connectivity index (χ2n) is 6.63. The van der Waals surface area contributed by atoms with E-state index < -0.39 is 0 Å². The van der Waals surface area contributed by atoms with E-state index in [4.69, 9.17) is 10.5 Å². The van der Waals surface area contributed by atoms with Crippen LogP contribution >= 0.6 is 0 Å². The van der Waals surface area contributed by atoms with Gasteiger partial charge in [0.05, 0.1) is 24.6 Å². The van der Waals surface area contributed by atoms with Gasteiger partial charge in [0, 0.05) is 37.1 Å². The van der Waals surface area contributed by atoms with Crippen LogP contribution < -0.4 is 15.5 Å². The second kappa shape index (κ2) is 8.64. The molecule has 0 aliphatic heterocycles. The van der Waals surface area contributed by atoms with Crippen LogP contribution in [0.3, 0.4) is 0 Å². The van der Waals surface area contributed by atoms with Crippen LogP contribution in [0.4, 0.5) is 22.7 Å². The Hall–Kier alpha value is -3.55. The third-order valence-corrected chi connectivity index (χ3v) is 4.78. The molecule has 0 bridgehead atoms. The van der Waals surface area contributed by atoms with Gasteiger partial charge in [-0.25, -0.2) is 4.79 Å². The maximum atomic E-state index is 12.9. The van der Waals surface area contributed by atoms with E-state index in [1.807, 2.05) is 6.07 Å². The van der Waals surface area contributed by atoms with Gasteiger partial charge in [-0.2, -0.15) is 4.48 Å². The number of para-hydroxylation sites is 2. The van der Waals surface area contributed by atoms with Gasteiger partial charge in [-0.3, -0.25) is 9.78 Å². The lowest BCUT2D eigenvalue weighted by atomic mass is 10.1. The fourth-order valence-corrected chi connectivity index (χ4v) is 3.02. The third kappa shape index (κ3) is 4.16. The number of pyridine rings is 1. The van der Waals surface area contributed by atoms with Gasteiger partial charge in [-0.15, -0.1) is 0 Å². The number of carbonyl (C=O) groups is 2. The van der Waals surface area contributed by atoms with Crippen molar-refractivity contribution in [3.63, 3.8) is 0 Å². The number of nitrogens with two attached hydrogens (primary N) is 1. The van der Waals surface area contributed by atoms with E-state index in [0.29, 0.717) is 28.3 Å². The number of hydrogen-bond donors (Lipinski definition) is 2. The lowest BCUT2D eigenvalue weighted by Crippen LogP contribution is -2.47. The van der Waals surface area contributed by atoms with Gasteiger partial charge < -0.3 is 15.8 Å². The highest BCUT2D eigenvalue weighted by Crippen LogP contribution is 2.33. The monoisotopic (exact) mass is 391 g/mol. The fourth-order valence-electron chi connectivity index (χ4n) is 3.02. The van der Waals surface area contributed by atoms with E-state index >= 15 is 0 Å². The summed E-state index contributed by atoms with van der Waals surface area (Å²) in [5.74, 6) is -0.442. The van der Waals surface area contributed by atoms with E-state index in [1.165, 1.54) is 7.11 Å². The number of hydrogen-bond acceptors (Lipinski definition) is 5. The van der Waals surface area contributed by atoms with E-state index in [1.54, 1.807) is 74.0 Å². The predicted molar refractivity (Wildman–Crippen MR) is 114 cm³/mol. The Labute approximate surface area is 169 Å². The predicted octanol–water partition coefficient (Wildman–Crippen LogP) is 3.36. The van der Waals surface area contributed by atoms with Crippen LogP contribution in [0.2, 0.25) is 0 Å². The summed E-state index contributed by atoms with van der Waals surface area (Å²) in [5, 5.41) is 2.79. The van der Waals surface area contributed by atoms with Gasteiger partial charge in [-0.05, 0) is 30.3 Å². The third-order valence-electron chi connectivity index (χ3n) is 4.78. The Morgan fingerprint density at radius 3 is 2.38 bits per heavy atom. The Balaban J connectivity index is 1.91. The van der Waals surface area contributed by atoms with Gasteiger partial charge in [0.2, 0.25) is 0 Å². The van der Waals surface area contributed by atoms with Gasteiger partial charge in [-0.1, -0.05) is 12.1 Å². The highest BCUT2D eigenvalue weighted by molar-refractivity contribution is 6.06. The lowest BCUT2D eigenvalue weighted by Gasteiger charge is -2.30. The Kier molecular flexibility index (Phi) is 6.01. The molecule has 29 heavy (non-hydrogen) atoms. The number of benzene rings is 2. The number of anilines is 2. The second-order valence-corrected chi connectivity index (χ2v) is 6.63. The molecule has 2 amide bonds. The molecule has 0 spiro atoms. The zero-order chi connectivity index (χ0) is 20.9. The molecule has 0 aliphatic rings. The van der Waals surface area contributed by atoms with E-state index in [0.717, 1.165) is 0 Å². The average Bonchev–Trinajstić information content (AvgIpc) is 2.75. The summed E-state index contributed by atoms with van der Waals surface area (Å²) >= 11 is 0. The number of ether oxygens (including phenoxy) is 1. The molecule has 0 radical (unpaired) electrons. The van der Waals surface area contributed by atoms with Gasteiger partial charge in [0.1, 0.15) is 5.69 Å². The Bertz CT molecular complexity index is 1010. The fraction of sp³-hybridized carbons (Fsp3) is 0.136. The molecule has 148 valence electrons. The first-order valence-corrected chi connectivity index (χ1v) is 9.02. The molecule has 0 aliphatic carbocycles. The smallest absolute Gasteiger partial charge is 0.349 e. The number of carbonyl (C=O) groups excluding carboxylic acids is 2. The standard InChI is InChI=1S/C22H22N4O3/c1-26(21(27)15-29-2,18-6-5-13-24-14-18)17-11-9-16(10-12-17)22(28)25-20-8-4-3-7-19(20)23/h3-14H,15,23H2,1-2H3/p+1. The largest absolute Gasteiger partial charge is 0.397 e. The van der Waals surface area contributed by atoms with Crippen molar-refractivity contribution < 1.29 is 14.3 Å². The maximum Gasteiger partial charge on any atom is 0.349 e. The summed E-state index contributed by atoms with van der Waals surface area (Å²) < 4.78 is 4.94. The highest BCUT2D eigenvalue weighted by atomic mass is 16.5. The first-order valence-electron chi connectivity index (χ1n) is 9.02. The molecule has 0 fully saturated rings. The normalized spacial score (nSPS) is 12.8. The van der Waals surface area contributed by atoms with Gasteiger partial charge >= 0.3 is 5.91 Å². The van der Waals surface area contributed by atoms with Crippen LogP contribution in [0.5, 0.6) is 0 Å². The van der Waals surface area contributed by atoms with Crippen molar-refractivity contribution in [2.24, 2.45) is 0 Å². The van der Waals surface area contributed by atoms with Crippen molar-refractivity contribution in [2.75, 3.05) is 31.8 Å². The van der Waals surface area contributed by atoms with Crippen LogP contribution in [-0.2, 0) is 9.53 Å². The van der Waals surface area contributed by atoms with Crippen LogP contribution in [0.1, 0.15) is 10.4 Å². The van der Waals surface area contributed by atoms with Crippen molar-refractivity contribution in [3.05, 3.63) is 78.6 Å². The molecule has 7 nitrogen and oxygen atoms in total. The number of quaternary nitrogens is 1. The minimum absolute atomic E-state index is 0.0546. The molecule has 1 unspecified atom stereocenters. The van der Waals surface area contributed by atoms with Gasteiger partial charge in [0.15, 0.2) is 12.3 Å². The first kappa shape index (κ1) is 20.2. The molecule has 1 heterocycles. The number of methoxy groups -OCH3 is 1. The molecule has 2 aromatic carbocycles. The molecule has 3 rings (SSSR count). The first-order chi connectivity index (χ1) is 14.0. The number of rotatable bonds is 6. The molecule has 0 saturated carbocycles. The van der Waals surface area contributed by atoms with Crippen LogP contribution in [0.15, 0.2) is 73.1 Å². The SMILES string of the molecule is COCC(=O)[N+](C)(c1ccc(C(=O)Nc2ccccc2N)cc1)c1cccnc1. The van der Waals surface area contributed by atoms with Crippen LogP contribution in [0.25, 0.3) is 0 Å². The average molecular weight is 391 g/mol. The van der Waals surface area contributed by atoms with Crippen molar-refractivity contribution in [2.45, 2.75) is 0 Å². The molecule has 1 aromatic heterocycles.